The largest absolute Gasteiger partial charge is 0.457 e. The molecule has 0 aromatic heterocycles. The van der Waals surface area contributed by atoms with Crippen LogP contribution in [-0.4, -0.2) is 50.0 Å². The second-order valence-corrected chi connectivity index (χ2v) is 11.5. The van der Waals surface area contributed by atoms with Gasteiger partial charge in [-0.3, -0.25) is 13.9 Å². The van der Waals surface area contributed by atoms with Crippen LogP contribution >= 0.6 is 11.6 Å². The summed E-state index contributed by atoms with van der Waals surface area (Å²) in [6, 6.07) is 21.5. The van der Waals surface area contributed by atoms with Crippen LogP contribution in [0.15, 0.2) is 78.9 Å². The number of carbonyl (C=O) groups excluding carboxylic acids is 2. The molecule has 0 saturated carbocycles. The van der Waals surface area contributed by atoms with Crippen LogP contribution in [0.5, 0.6) is 11.5 Å². The van der Waals surface area contributed by atoms with Gasteiger partial charge in [-0.25, -0.2) is 8.42 Å². The molecule has 3 rings (SSSR count). The van der Waals surface area contributed by atoms with Crippen molar-refractivity contribution in [1.29, 1.82) is 0 Å². The molecule has 2 amide bonds. The molecular weight excluding hydrogens is 526 g/mol. The zero-order chi connectivity index (χ0) is 27.9. The normalized spacial score (nSPS) is 12.1. The number of halogens is 1. The van der Waals surface area contributed by atoms with E-state index in [-0.39, 0.29) is 18.5 Å². The molecule has 0 aliphatic rings. The van der Waals surface area contributed by atoms with Crippen molar-refractivity contribution in [1.82, 2.24) is 10.2 Å². The number of anilines is 1. The fourth-order valence-electron chi connectivity index (χ4n) is 3.69. The molecule has 0 bridgehead atoms. The number of nitrogens with zero attached hydrogens (tertiary/aromatic N) is 2. The number of rotatable bonds is 11. The van der Waals surface area contributed by atoms with Crippen LogP contribution in [0, 0.1) is 0 Å². The van der Waals surface area contributed by atoms with E-state index >= 15 is 0 Å². The molecule has 202 valence electrons. The number of para-hydroxylation sites is 1. The Hall–Kier alpha value is -3.56. The Morgan fingerprint density at radius 1 is 0.895 bits per heavy atom. The van der Waals surface area contributed by atoms with E-state index in [0.717, 1.165) is 16.1 Å². The maximum absolute atomic E-state index is 13.6. The van der Waals surface area contributed by atoms with Gasteiger partial charge in [-0.2, -0.15) is 0 Å². The first-order chi connectivity index (χ1) is 17.9. The minimum absolute atomic E-state index is 0.101. The van der Waals surface area contributed by atoms with Gasteiger partial charge in [0.25, 0.3) is 0 Å². The first kappa shape index (κ1) is 29.0. The van der Waals surface area contributed by atoms with E-state index in [1.807, 2.05) is 32.0 Å². The lowest BCUT2D eigenvalue weighted by Gasteiger charge is -2.32. The zero-order valence-corrected chi connectivity index (χ0v) is 23.4. The van der Waals surface area contributed by atoms with Crippen LogP contribution in [0.4, 0.5) is 5.69 Å². The Kier molecular flexibility index (Phi) is 9.77. The van der Waals surface area contributed by atoms with E-state index in [9.17, 15) is 18.0 Å². The lowest BCUT2D eigenvalue weighted by Crippen LogP contribution is -2.52. The van der Waals surface area contributed by atoms with Crippen molar-refractivity contribution in [2.45, 2.75) is 39.4 Å². The molecule has 0 heterocycles. The topological polar surface area (TPSA) is 96.0 Å². The number of benzene rings is 3. The summed E-state index contributed by atoms with van der Waals surface area (Å²) < 4.78 is 32.3. The van der Waals surface area contributed by atoms with Gasteiger partial charge in [0, 0.05) is 17.6 Å². The van der Waals surface area contributed by atoms with E-state index in [2.05, 4.69) is 5.32 Å². The molecule has 1 N–H and O–H groups in total. The first-order valence-corrected chi connectivity index (χ1v) is 14.3. The van der Waals surface area contributed by atoms with E-state index in [4.69, 9.17) is 16.3 Å². The fourth-order valence-corrected chi connectivity index (χ4v) is 4.67. The Bertz CT molecular complexity index is 1330. The van der Waals surface area contributed by atoms with Crippen LogP contribution in [0.3, 0.4) is 0 Å². The van der Waals surface area contributed by atoms with E-state index in [1.54, 1.807) is 67.6 Å². The number of ether oxygens (including phenoxy) is 1. The Balaban J connectivity index is 1.85. The summed E-state index contributed by atoms with van der Waals surface area (Å²) in [5, 5.41) is 3.36. The molecule has 0 aliphatic carbocycles. The van der Waals surface area contributed by atoms with Crippen molar-refractivity contribution in [3.05, 3.63) is 89.4 Å². The SMILES string of the molecule is CC(C)NC(=O)[C@@H](C)N(Cc1ccc(Cl)cc1)C(=O)CN(c1ccc(Oc2ccccc2)cc1)S(C)(=O)=O. The summed E-state index contributed by atoms with van der Waals surface area (Å²) in [5.74, 6) is 0.294. The summed E-state index contributed by atoms with van der Waals surface area (Å²) in [5.41, 5.74) is 1.05. The Labute approximate surface area is 229 Å². The van der Waals surface area contributed by atoms with Gasteiger partial charge < -0.3 is 15.0 Å². The summed E-state index contributed by atoms with van der Waals surface area (Å²) in [6.07, 6.45) is 1.03. The summed E-state index contributed by atoms with van der Waals surface area (Å²) in [7, 11) is -3.83. The second kappa shape index (κ2) is 12.8. The first-order valence-electron chi connectivity index (χ1n) is 12.1. The number of nitrogens with one attached hydrogen (secondary N) is 1. The van der Waals surface area contributed by atoms with Gasteiger partial charge in [0.15, 0.2) is 0 Å². The zero-order valence-electron chi connectivity index (χ0n) is 21.8. The van der Waals surface area contributed by atoms with Gasteiger partial charge >= 0.3 is 0 Å². The summed E-state index contributed by atoms with van der Waals surface area (Å²) >= 11 is 6.00. The van der Waals surface area contributed by atoms with Crippen molar-refractivity contribution >= 4 is 39.1 Å². The fraction of sp³-hybridized carbons (Fsp3) is 0.286. The van der Waals surface area contributed by atoms with Crippen molar-refractivity contribution in [2.24, 2.45) is 0 Å². The van der Waals surface area contributed by atoms with Crippen LogP contribution in [0.1, 0.15) is 26.3 Å². The number of amides is 2. The quantitative estimate of drug-likeness (QED) is 0.364. The number of carbonyl (C=O) groups is 2. The molecule has 8 nitrogen and oxygen atoms in total. The molecule has 0 aliphatic heterocycles. The molecular formula is C28H32ClN3O5S. The van der Waals surface area contributed by atoms with Crippen LogP contribution < -0.4 is 14.4 Å². The minimum atomic E-state index is -3.83. The third kappa shape index (κ3) is 8.22. The average molecular weight is 558 g/mol. The highest BCUT2D eigenvalue weighted by molar-refractivity contribution is 7.92. The smallest absolute Gasteiger partial charge is 0.244 e. The molecule has 0 saturated heterocycles. The molecule has 38 heavy (non-hydrogen) atoms. The third-order valence-corrected chi connectivity index (χ3v) is 7.04. The van der Waals surface area contributed by atoms with Crippen LogP contribution in [0.25, 0.3) is 0 Å². The van der Waals surface area contributed by atoms with Gasteiger partial charge in [-0.05, 0) is 74.9 Å². The van der Waals surface area contributed by atoms with Gasteiger partial charge in [0.1, 0.15) is 24.1 Å². The number of sulfonamides is 1. The maximum atomic E-state index is 13.6. The third-order valence-electron chi connectivity index (χ3n) is 5.65. The highest BCUT2D eigenvalue weighted by atomic mass is 35.5. The molecule has 10 heteroatoms. The van der Waals surface area contributed by atoms with Crippen molar-refractivity contribution in [3.63, 3.8) is 0 Å². The van der Waals surface area contributed by atoms with E-state index < -0.39 is 28.5 Å². The minimum Gasteiger partial charge on any atom is -0.457 e. The number of hydrogen-bond acceptors (Lipinski definition) is 5. The summed E-state index contributed by atoms with van der Waals surface area (Å²) in [4.78, 5) is 27.8. The molecule has 0 radical (unpaired) electrons. The van der Waals surface area contributed by atoms with Gasteiger partial charge in [-0.15, -0.1) is 0 Å². The Morgan fingerprint density at radius 2 is 1.47 bits per heavy atom. The Morgan fingerprint density at radius 3 is 2.03 bits per heavy atom. The molecule has 1 atom stereocenters. The molecule has 0 spiro atoms. The van der Waals surface area contributed by atoms with Gasteiger partial charge in [0.2, 0.25) is 21.8 Å². The summed E-state index contributed by atoms with van der Waals surface area (Å²) in [6.45, 7) is 4.89. The monoisotopic (exact) mass is 557 g/mol. The molecule has 0 fully saturated rings. The van der Waals surface area contributed by atoms with Crippen molar-refractivity contribution in [2.75, 3.05) is 17.1 Å². The standard InChI is InChI=1S/C28H32ClN3O5S/c1-20(2)30-28(34)21(3)31(18-22-10-12-23(29)13-11-22)27(33)19-32(38(4,35)36)24-14-16-26(17-15-24)37-25-8-6-5-7-9-25/h5-17,20-21H,18-19H2,1-4H3,(H,30,34)/t21-/m1/s1. The molecule has 3 aromatic rings. The maximum Gasteiger partial charge on any atom is 0.244 e. The lowest BCUT2D eigenvalue weighted by molar-refractivity contribution is -0.139. The predicted molar refractivity (Wildman–Crippen MR) is 150 cm³/mol. The highest BCUT2D eigenvalue weighted by Gasteiger charge is 2.30. The van der Waals surface area contributed by atoms with Crippen LogP contribution in [0.2, 0.25) is 5.02 Å². The molecule has 3 aromatic carbocycles. The van der Waals surface area contributed by atoms with E-state index in [1.165, 1.54) is 4.90 Å². The average Bonchev–Trinajstić information content (AvgIpc) is 2.86. The second-order valence-electron chi connectivity index (χ2n) is 9.17. The molecule has 0 unspecified atom stereocenters. The highest BCUT2D eigenvalue weighted by Crippen LogP contribution is 2.26. The van der Waals surface area contributed by atoms with Gasteiger partial charge in [-0.1, -0.05) is 41.9 Å². The van der Waals surface area contributed by atoms with Crippen LogP contribution in [-0.2, 0) is 26.2 Å². The lowest BCUT2D eigenvalue weighted by atomic mass is 10.1. The van der Waals surface area contributed by atoms with E-state index in [0.29, 0.717) is 22.2 Å². The number of hydrogen-bond donors (Lipinski definition) is 1. The van der Waals surface area contributed by atoms with Crippen molar-refractivity contribution < 1.29 is 22.7 Å². The van der Waals surface area contributed by atoms with Gasteiger partial charge in [0.05, 0.1) is 11.9 Å². The predicted octanol–water partition coefficient (Wildman–Crippen LogP) is 4.84. The van der Waals surface area contributed by atoms with Crippen molar-refractivity contribution in [3.8, 4) is 11.5 Å².